The second-order valence-electron chi connectivity index (χ2n) is 7.65. The van der Waals surface area contributed by atoms with Gasteiger partial charge in [-0.2, -0.15) is 0 Å². The molecular weight excluding hydrogens is 300 g/mol. The van der Waals surface area contributed by atoms with E-state index in [4.69, 9.17) is 0 Å². The molecule has 0 aliphatic carbocycles. The number of aromatic nitrogens is 1. The molecule has 1 amide bonds. The Labute approximate surface area is 141 Å². The number of aromatic amines is 1. The Morgan fingerprint density at radius 2 is 2.00 bits per heavy atom. The number of hydrogen-bond donors (Lipinski definition) is 1. The molecule has 0 radical (unpaired) electrons. The van der Waals surface area contributed by atoms with Gasteiger partial charge in [-0.25, -0.2) is 0 Å². The number of hydrogen-bond acceptors (Lipinski definition) is 2. The molecule has 2 aliphatic heterocycles. The minimum absolute atomic E-state index is 0.0226. The number of fused-ring (bicyclic) bond motifs is 2. The van der Waals surface area contributed by atoms with Crippen LogP contribution in [0.25, 0.3) is 10.9 Å². The highest BCUT2D eigenvalue weighted by molar-refractivity contribution is 6.21. The Bertz CT molecular complexity index is 903. The van der Waals surface area contributed by atoms with Crippen molar-refractivity contribution >= 4 is 22.6 Å². The number of nitrogens with zero attached hydrogens (tertiary/aromatic N) is 1. The summed E-state index contributed by atoms with van der Waals surface area (Å²) in [7, 11) is 0. The van der Waals surface area contributed by atoms with Gasteiger partial charge in [-0.15, -0.1) is 0 Å². The van der Waals surface area contributed by atoms with Gasteiger partial charge in [-0.1, -0.05) is 18.2 Å². The lowest BCUT2D eigenvalue weighted by atomic mass is 9.84. The molecule has 4 heteroatoms. The Morgan fingerprint density at radius 1 is 1.29 bits per heavy atom. The number of benzene rings is 1. The van der Waals surface area contributed by atoms with Crippen LogP contribution >= 0.6 is 0 Å². The van der Waals surface area contributed by atoms with Gasteiger partial charge < -0.3 is 9.88 Å². The lowest BCUT2D eigenvalue weighted by Crippen LogP contribution is -2.44. The number of carbonyl (C=O) groups excluding carboxylic acids is 2. The predicted molar refractivity (Wildman–Crippen MR) is 93.8 cm³/mol. The maximum atomic E-state index is 12.9. The van der Waals surface area contributed by atoms with Gasteiger partial charge in [-0.05, 0) is 51.3 Å². The summed E-state index contributed by atoms with van der Waals surface area (Å²) in [6, 6.07) is 8.23. The summed E-state index contributed by atoms with van der Waals surface area (Å²) in [5.41, 5.74) is 3.40. The topological polar surface area (TPSA) is 53.2 Å². The Kier molecular flexibility index (Phi) is 3.05. The van der Waals surface area contributed by atoms with E-state index >= 15 is 0 Å². The van der Waals surface area contributed by atoms with Crippen molar-refractivity contribution < 1.29 is 9.59 Å². The zero-order valence-electron chi connectivity index (χ0n) is 14.5. The van der Waals surface area contributed by atoms with Gasteiger partial charge in [0.05, 0.1) is 11.6 Å². The average molecular weight is 322 g/mol. The van der Waals surface area contributed by atoms with Crippen LogP contribution in [0.3, 0.4) is 0 Å². The summed E-state index contributed by atoms with van der Waals surface area (Å²) in [5.74, 6) is -0.0188. The van der Waals surface area contributed by atoms with Crippen LogP contribution in [-0.2, 0) is 9.59 Å². The molecule has 2 aliphatic rings. The quantitative estimate of drug-likeness (QED) is 0.860. The van der Waals surface area contributed by atoms with Crippen LogP contribution in [0.15, 0.2) is 41.6 Å². The maximum Gasteiger partial charge on any atom is 0.258 e. The molecule has 1 saturated heterocycles. The summed E-state index contributed by atoms with van der Waals surface area (Å²) in [6.45, 7) is 7.64. The number of carbonyl (C=O) groups is 2. The second kappa shape index (κ2) is 4.82. The fourth-order valence-electron chi connectivity index (χ4n) is 4.75. The van der Waals surface area contributed by atoms with E-state index in [1.165, 1.54) is 17.9 Å². The molecule has 1 aromatic heterocycles. The zero-order chi connectivity index (χ0) is 17.2. The second-order valence-corrected chi connectivity index (χ2v) is 7.65. The molecule has 0 spiro atoms. The van der Waals surface area contributed by atoms with Crippen LogP contribution in [0, 0.1) is 0 Å². The number of rotatable bonds is 2. The molecule has 3 heterocycles. The van der Waals surface area contributed by atoms with E-state index in [1.54, 1.807) is 0 Å². The van der Waals surface area contributed by atoms with Crippen molar-refractivity contribution in [1.29, 1.82) is 0 Å². The van der Waals surface area contributed by atoms with Crippen LogP contribution in [0.5, 0.6) is 0 Å². The number of para-hydroxylation sites is 1. The first-order chi connectivity index (χ1) is 11.3. The first-order valence-corrected chi connectivity index (χ1v) is 8.44. The van der Waals surface area contributed by atoms with Crippen LogP contribution in [0.4, 0.5) is 0 Å². The van der Waals surface area contributed by atoms with Crippen molar-refractivity contribution in [1.82, 2.24) is 9.88 Å². The minimum Gasteiger partial charge on any atom is -0.361 e. The fourth-order valence-corrected chi connectivity index (χ4v) is 4.75. The molecule has 2 aromatic rings. The molecule has 0 bridgehead atoms. The summed E-state index contributed by atoms with van der Waals surface area (Å²) in [6.07, 6.45) is 2.96. The van der Waals surface area contributed by atoms with Gasteiger partial charge in [0, 0.05) is 28.6 Å². The molecule has 2 atom stereocenters. The van der Waals surface area contributed by atoms with E-state index < -0.39 is 0 Å². The van der Waals surface area contributed by atoms with Crippen molar-refractivity contribution in [3.05, 3.63) is 47.2 Å². The third-order valence-electron chi connectivity index (χ3n) is 5.67. The molecule has 4 rings (SSSR count). The smallest absolute Gasteiger partial charge is 0.258 e. The number of ketones is 1. The van der Waals surface area contributed by atoms with Crippen LogP contribution in [0.2, 0.25) is 0 Å². The van der Waals surface area contributed by atoms with Crippen molar-refractivity contribution in [3.63, 3.8) is 0 Å². The number of amides is 1. The molecule has 0 unspecified atom stereocenters. The molecule has 0 saturated carbocycles. The maximum absolute atomic E-state index is 12.9. The Hall–Kier alpha value is -2.36. The van der Waals surface area contributed by atoms with Gasteiger partial charge in [0.1, 0.15) is 0 Å². The minimum atomic E-state index is -0.261. The van der Waals surface area contributed by atoms with Gasteiger partial charge in [0.2, 0.25) is 0 Å². The number of Topliss-reactive ketones (excluding diaryl/α,β-unsaturated/α-hetero) is 1. The zero-order valence-corrected chi connectivity index (χ0v) is 14.5. The largest absolute Gasteiger partial charge is 0.361 e. The normalized spacial score (nSPS) is 25.7. The Morgan fingerprint density at radius 3 is 2.71 bits per heavy atom. The summed E-state index contributed by atoms with van der Waals surface area (Å²) in [4.78, 5) is 30.2. The number of H-pyrrole nitrogens is 1. The predicted octanol–water partition coefficient (Wildman–Crippen LogP) is 3.55. The average Bonchev–Trinajstić information content (AvgIpc) is 3.12. The van der Waals surface area contributed by atoms with Gasteiger partial charge in [-0.3, -0.25) is 9.59 Å². The first kappa shape index (κ1) is 15.2. The standard InChI is InChI=1S/C20H22N2O2/c1-11-17(12(2)23)19(24)22-18(11)14(9-20(22,3)4)15-10-21-16-8-6-5-7-13(15)16/h5-8,10,14,18,21H,9H2,1-4H3/t14-,18-/m1/s1. The van der Waals surface area contributed by atoms with Gasteiger partial charge in [0.15, 0.2) is 5.78 Å². The van der Waals surface area contributed by atoms with Crippen LogP contribution < -0.4 is 0 Å². The molecule has 1 fully saturated rings. The van der Waals surface area contributed by atoms with E-state index in [0.29, 0.717) is 5.57 Å². The third kappa shape index (κ3) is 1.86. The van der Waals surface area contributed by atoms with E-state index in [1.807, 2.05) is 24.0 Å². The molecule has 4 nitrogen and oxygen atoms in total. The highest BCUT2D eigenvalue weighted by Crippen LogP contribution is 2.51. The molecule has 1 aromatic carbocycles. The van der Waals surface area contributed by atoms with Crippen molar-refractivity contribution in [2.75, 3.05) is 0 Å². The SMILES string of the molecule is CC(=O)C1=C(C)[C@@H]2[C@@H](c3c[nH]c4ccccc34)CC(C)(C)N2C1=O. The summed E-state index contributed by atoms with van der Waals surface area (Å²) < 4.78 is 0. The van der Waals surface area contributed by atoms with E-state index in [9.17, 15) is 9.59 Å². The van der Waals surface area contributed by atoms with Crippen LogP contribution in [-0.4, -0.2) is 33.2 Å². The van der Waals surface area contributed by atoms with Crippen molar-refractivity contribution in [3.8, 4) is 0 Å². The lowest BCUT2D eigenvalue weighted by Gasteiger charge is -2.32. The third-order valence-corrected chi connectivity index (χ3v) is 5.67. The van der Waals surface area contributed by atoms with Crippen LogP contribution in [0.1, 0.15) is 45.6 Å². The summed E-state index contributed by atoms with van der Waals surface area (Å²) >= 11 is 0. The Balaban J connectivity index is 1.89. The van der Waals surface area contributed by atoms with E-state index in [0.717, 1.165) is 17.5 Å². The van der Waals surface area contributed by atoms with Gasteiger partial charge >= 0.3 is 0 Å². The van der Waals surface area contributed by atoms with Crippen molar-refractivity contribution in [2.45, 2.75) is 51.6 Å². The van der Waals surface area contributed by atoms with E-state index in [2.05, 4.69) is 37.2 Å². The monoisotopic (exact) mass is 322 g/mol. The first-order valence-electron chi connectivity index (χ1n) is 8.44. The highest BCUT2D eigenvalue weighted by atomic mass is 16.2. The van der Waals surface area contributed by atoms with E-state index in [-0.39, 0.29) is 29.2 Å². The van der Waals surface area contributed by atoms with Gasteiger partial charge in [0.25, 0.3) is 5.91 Å². The molecule has 24 heavy (non-hydrogen) atoms. The van der Waals surface area contributed by atoms with Crippen molar-refractivity contribution in [2.24, 2.45) is 0 Å². The number of nitrogens with one attached hydrogen (secondary N) is 1. The fraction of sp³-hybridized carbons (Fsp3) is 0.400. The summed E-state index contributed by atoms with van der Waals surface area (Å²) in [5, 5.41) is 1.21. The molecule has 1 N–H and O–H groups in total. The molecular formula is C20H22N2O2. The lowest BCUT2D eigenvalue weighted by molar-refractivity contribution is -0.131. The highest BCUT2D eigenvalue weighted by Gasteiger charge is 2.55. The molecule has 124 valence electrons.